The van der Waals surface area contributed by atoms with Crippen molar-refractivity contribution in [2.24, 2.45) is 0 Å². The normalized spacial score (nSPS) is 12.9. The van der Waals surface area contributed by atoms with Crippen molar-refractivity contribution in [1.82, 2.24) is 0 Å². The fourth-order valence-corrected chi connectivity index (χ4v) is 1.49. The van der Waals surface area contributed by atoms with Gasteiger partial charge in [-0.2, -0.15) is 13.7 Å². The molecule has 0 aliphatic heterocycles. The van der Waals surface area contributed by atoms with Crippen LogP contribution in [0.1, 0.15) is 11.7 Å². The Hall–Kier alpha value is -1.58. The van der Waals surface area contributed by atoms with Crippen molar-refractivity contribution in [1.29, 1.82) is 5.26 Å². The predicted octanol–water partition coefficient (Wildman–Crippen LogP) is 0.582. The molecule has 15 heavy (non-hydrogen) atoms. The second-order valence-electron chi connectivity index (χ2n) is 2.86. The Morgan fingerprint density at radius 2 is 2.07 bits per heavy atom. The Morgan fingerprint density at radius 1 is 1.47 bits per heavy atom. The first-order chi connectivity index (χ1) is 6.94. The molecule has 1 rings (SSSR count). The number of benzene rings is 1. The number of hydrogen-bond donors (Lipinski definition) is 1. The van der Waals surface area contributed by atoms with Crippen molar-refractivity contribution in [3.05, 3.63) is 29.8 Å². The molecule has 0 saturated carbocycles. The topological polar surface area (TPSA) is 87.4 Å². The molecule has 0 aliphatic carbocycles. The average molecular weight is 227 g/mol. The number of aliphatic hydroxyl groups excluding tert-OH is 1. The molecule has 0 aromatic heterocycles. The smallest absolute Gasteiger partial charge is 0.306 e. The lowest BCUT2D eigenvalue weighted by atomic mass is 10.1. The molecule has 0 heterocycles. The Balaban J connectivity index is 3.14. The van der Waals surface area contributed by atoms with Gasteiger partial charge in [0.2, 0.25) is 0 Å². The van der Waals surface area contributed by atoms with Crippen molar-refractivity contribution in [2.45, 2.75) is 6.10 Å². The quantitative estimate of drug-likeness (QED) is 0.603. The van der Waals surface area contributed by atoms with Gasteiger partial charge in [0.15, 0.2) is 6.10 Å². The minimum Gasteiger partial charge on any atom is -0.382 e. The maximum atomic E-state index is 10.9. The van der Waals surface area contributed by atoms with Crippen LogP contribution in [0.3, 0.4) is 0 Å². The van der Waals surface area contributed by atoms with Gasteiger partial charge in [-0.15, -0.1) is 0 Å². The third kappa shape index (κ3) is 3.23. The van der Waals surface area contributed by atoms with E-state index < -0.39 is 16.2 Å². The molecule has 0 radical (unpaired) electrons. The molecule has 1 aromatic rings. The molecule has 1 N–H and O–H groups in total. The van der Waals surface area contributed by atoms with E-state index in [-0.39, 0.29) is 11.3 Å². The molecule has 1 atom stereocenters. The van der Waals surface area contributed by atoms with Gasteiger partial charge in [-0.1, -0.05) is 18.2 Å². The summed E-state index contributed by atoms with van der Waals surface area (Å²) in [6.45, 7) is 0. The fraction of sp³-hybridized carbons (Fsp3) is 0.222. The zero-order valence-electron chi connectivity index (χ0n) is 7.91. The summed E-state index contributed by atoms with van der Waals surface area (Å²) in [6.07, 6.45) is -0.509. The molecule has 0 spiro atoms. The Morgan fingerprint density at radius 3 is 2.60 bits per heavy atom. The fourth-order valence-electron chi connectivity index (χ4n) is 1.01. The van der Waals surface area contributed by atoms with Crippen LogP contribution in [0, 0.1) is 11.3 Å². The minimum atomic E-state index is -3.66. The maximum absolute atomic E-state index is 10.9. The van der Waals surface area contributed by atoms with Crippen LogP contribution in [-0.2, 0) is 10.1 Å². The van der Waals surface area contributed by atoms with Crippen LogP contribution in [-0.4, -0.2) is 19.8 Å². The van der Waals surface area contributed by atoms with Gasteiger partial charge in [-0.05, 0) is 6.07 Å². The standard InChI is InChI=1S/C9H9NO4S/c1-15(12,13)14-9-5-3-2-4-7(9)8(11)6-10/h2-5,8,11H,1H3. The molecular weight excluding hydrogens is 218 g/mol. The van der Waals surface area contributed by atoms with Gasteiger partial charge in [0.1, 0.15) is 5.75 Å². The summed E-state index contributed by atoms with van der Waals surface area (Å²) in [4.78, 5) is 0. The van der Waals surface area contributed by atoms with E-state index in [9.17, 15) is 13.5 Å². The van der Waals surface area contributed by atoms with Crippen LogP contribution >= 0.6 is 0 Å². The van der Waals surface area contributed by atoms with E-state index in [1.165, 1.54) is 12.1 Å². The van der Waals surface area contributed by atoms with Crippen LogP contribution < -0.4 is 4.18 Å². The second kappa shape index (κ2) is 4.29. The highest BCUT2D eigenvalue weighted by atomic mass is 32.2. The first kappa shape index (κ1) is 11.5. The van der Waals surface area contributed by atoms with Crippen molar-refractivity contribution < 1.29 is 17.7 Å². The van der Waals surface area contributed by atoms with Crippen molar-refractivity contribution in [2.75, 3.05) is 6.26 Å². The summed E-state index contributed by atoms with van der Waals surface area (Å²) in [5.41, 5.74) is 0.130. The number of hydrogen-bond acceptors (Lipinski definition) is 5. The molecule has 0 saturated heterocycles. The summed E-state index contributed by atoms with van der Waals surface area (Å²) in [5, 5.41) is 17.8. The molecule has 5 nitrogen and oxygen atoms in total. The molecule has 0 fully saturated rings. The molecule has 0 amide bonds. The summed E-state index contributed by atoms with van der Waals surface area (Å²) in [7, 11) is -3.66. The zero-order chi connectivity index (χ0) is 11.5. The summed E-state index contributed by atoms with van der Waals surface area (Å²) in [6, 6.07) is 7.51. The predicted molar refractivity (Wildman–Crippen MR) is 52.5 cm³/mol. The van der Waals surface area contributed by atoms with Gasteiger partial charge in [0.05, 0.1) is 12.3 Å². The van der Waals surface area contributed by atoms with Gasteiger partial charge in [-0.25, -0.2) is 0 Å². The van der Waals surface area contributed by atoms with Gasteiger partial charge in [-0.3, -0.25) is 0 Å². The highest BCUT2D eigenvalue weighted by Gasteiger charge is 2.15. The lowest BCUT2D eigenvalue weighted by Gasteiger charge is -2.09. The highest BCUT2D eigenvalue weighted by molar-refractivity contribution is 7.86. The summed E-state index contributed by atoms with van der Waals surface area (Å²) < 4.78 is 26.4. The molecule has 0 aliphatic rings. The third-order valence-electron chi connectivity index (χ3n) is 1.58. The van der Waals surface area contributed by atoms with E-state index in [2.05, 4.69) is 4.18 Å². The minimum absolute atomic E-state index is 0.0333. The maximum Gasteiger partial charge on any atom is 0.306 e. The molecule has 6 heteroatoms. The summed E-state index contributed by atoms with van der Waals surface area (Å²) >= 11 is 0. The third-order valence-corrected chi connectivity index (χ3v) is 2.06. The number of nitriles is 1. The van der Waals surface area contributed by atoms with Crippen molar-refractivity contribution >= 4 is 10.1 Å². The number of para-hydroxylation sites is 1. The number of aliphatic hydroxyl groups is 1. The average Bonchev–Trinajstić information content (AvgIpc) is 2.15. The molecule has 1 aromatic carbocycles. The lowest BCUT2D eigenvalue weighted by Crippen LogP contribution is -2.08. The molecular formula is C9H9NO4S. The van der Waals surface area contributed by atoms with Gasteiger partial charge in [0, 0.05) is 5.56 Å². The Bertz CT molecular complexity index is 489. The van der Waals surface area contributed by atoms with E-state index >= 15 is 0 Å². The van der Waals surface area contributed by atoms with Crippen LogP contribution in [0.2, 0.25) is 0 Å². The first-order valence-electron chi connectivity index (χ1n) is 4.00. The van der Waals surface area contributed by atoms with Crippen LogP contribution in [0.4, 0.5) is 0 Å². The van der Waals surface area contributed by atoms with Crippen LogP contribution in [0.5, 0.6) is 5.75 Å². The van der Waals surface area contributed by atoms with Gasteiger partial charge < -0.3 is 9.29 Å². The monoisotopic (exact) mass is 227 g/mol. The highest BCUT2D eigenvalue weighted by Crippen LogP contribution is 2.25. The second-order valence-corrected chi connectivity index (χ2v) is 4.43. The van der Waals surface area contributed by atoms with E-state index in [0.29, 0.717) is 0 Å². The molecule has 0 bridgehead atoms. The van der Waals surface area contributed by atoms with Crippen molar-refractivity contribution in [3.63, 3.8) is 0 Å². The van der Waals surface area contributed by atoms with E-state index in [1.54, 1.807) is 18.2 Å². The van der Waals surface area contributed by atoms with E-state index in [1.807, 2.05) is 0 Å². The van der Waals surface area contributed by atoms with E-state index in [4.69, 9.17) is 5.26 Å². The number of nitrogens with zero attached hydrogens (tertiary/aromatic N) is 1. The van der Waals surface area contributed by atoms with Crippen molar-refractivity contribution in [3.8, 4) is 11.8 Å². The Labute approximate surface area is 87.7 Å². The SMILES string of the molecule is CS(=O)(=O)Oc1ccccc1C(O)C#N. The molecule has 1 unspecified atom stereocenters. The molecule has 80 valence electrons. The van der Waals surface area contributed by atoms with Gasteiger partial charge in [0.25, 0.3) is 0 Å². The summed E-state index contributed by atoms with van der Waals surface area (Å²) in [5.74, 6) is -0.0333. The zero-order valence-corrected chi connectivity index (χ0v) is 8.73. The lowest BCUT2D eigenvalue weighted by molar-refractivity contribution is 0.233. The first-order valence-corrected chi connectivity index (χ1v) is 5.82. The largest absolute Gasteiger partial charge is 0.382 e. The Kier molecular flexibility index (Phi) is 3.29. The van der Waals surface area contributed by atoms with Crippen LogP contribution in [0.15, 0.2) is 24.3 Å². The van der Waals surface area contributed by atoms with Crippen LogP contribution in [0.25, 0.3) is 0 Å². The van der Waals surface area contributed by atoms with E-state index in [0.717, 1.165) is 6.26 Å². The number of rotatable bonds is 3. The van der Waals surface area contributed by atoms with Gasteiger partial charge >= 0.3 is 10.1 Å².